The van der Waals surface area contributed by atoms with Crippen LogP contribution < -0.4 is 4.74 Å². The molecule has 2 aromatic carbocycles. The number of hydrogen-bond acceptors (Lipinski definition) is 5. The van der Waals surface area contributed by atoms with E-state index >= 15 is 0 Å². The molecule has 4 aromatic rings. The predicted molar refractivity (Wildman–Crippen MR) is 114 cm³/mol. The number of phenolic OH excluding ortho intramolecular Hbond substituents is 1. The number of phenols is 1. The van der Waals surface area contributed by atoms with Gasteiger partial charge in [0.2, 0.25) is 0 Å². The minimum Gasteiger partial charge on any atom is -0.507 e. The summed E-state index contributed by atoms with van der Waals surface area (Å²) < 4.78 is 11.1. The number of furan rings is 1. The maximum Gasteiger partial charge on any atom is 0.273 e. The molecule has 7 nitrogen and oxygen atoms in total. The zero-order valence-electron chi connectivity index (χ0n) is 16.9. The molecule has 31 heavy (non-hydrogen) atoms. The molecule has 0 spiro atoms. The van der Waals surface area contributed by atoms with Gasteiger partial charge in [0, 0.05) is 11.1 Å². The van der Waals surface area contributed by atoms with E-state index in [2.05, 4.69) is 10.2 Å². The summed E-state index contributed by atoms with van der Waals surface area (Å²) in [6, 6.07) is 17.9. The van der Waals surface area contributed by atoms with Crippen molar-refractivity contribution in [2.24, 2.45) is 0 Å². The van der Waals surface area contributed by atoms with Gasteiger partial charge in [0.1, 0.15) is 28.6 Å². The molecule has 7 heteroatoms. The summed E-state index contributed by atoms with van der Waals surface area (Å²) in [7, 11) is 0. The average Bonchev–Trinajstić information content (AvgIpc) is 3.50. The molecule has 0 radical (unpaired) electrons. The number of hydrogen-bond donors (Lipinski definition) is 2. The third-order valence-corrected chi connectivity index (χ3v) is 5.44. The summed E-state index contributed by atoms with van der Waals surface area (Å²) in [4.78, 5) is 15.1. The molecule has 1 aliphatic heterocycles. The number of rotatable bonds is 6. The number of aromatic nitrogens is 2. The van der Waals surface area contributed by atoms with Gasteiger partial charge in [-0.3, -0.25) is 9.89 Å². The predicted octanol–water partition coefficient (Wildman–Crippen LogP) is 4.52. The highest BCUT2D eigenvalue weighted by atomic mass is 16.5. The molecular weight excluding hydrogens is 394 g/mol. The van der Waals surface area contributed by atoms with Gasteiger partial charge in [-0.25, -0.2) is 0 Å². The molecule has 156 valence electrons. The van der Waals surface area contributed by atoms with Crippen LogP contribution in [0.15, 0.2) is 71.3 Å². The lowest BCUT2D eigenvalue weighted by Gasteiger charge is -2.25. The molecule has 3 heterocycles. The number of aromatic amines is 1. The van der Waals surface area contributed by atoms with Gasteiger partial charge in [-0.15, -0.1) is 0 Å². The Hall–Kier alpha value is -4.00. The number of nitrogens with one attached hydrogen (secondary N) is 1. The molecule has 2 aromatic heterocycles. The van der Waals surface area contributed by atoms with Crippen molar-refractivity contribution in [3.63, 3.8) is 0 Å². The van der Waals surface area contributed by atoms with E-state index in [1.54, 1.807) is 35.4 Å². The van der Waals surface area contributed by atoms with E-state index < -0.39 is 6.04 Å². The van der Waals surface area contributed by atoms with Crippen LogP contribution >= 0.6 is 0 Å². The van der Waals surface area contributed by atoms with Gasteiger partial charge in [0.05, 0.1) is 25.5 Å². The molecule has 0 fully saturated rings. The van der Waals surface area contributed by atoms with Crippen LogP contribution in [0.25, 0.3) is 11.3 Å². The maximum absolute atomic E-state index is 13.3. The lowest BCUT2D eigenvalue weighted by molar-refractivity contribution is 0.0717. The Bertz CT molecular complexity index is 1210. The summed E-state index contributed by atoms with van der Waals surface area (Å²) in [5.41, 5.74) is 3.21. The highest BCUT2D eigenvalue weighted by Crippen LogP contribution is 2.45. The first-order valence-electron chi connectivity index (χ1n) is 10.1. The van der Waals surface area contributed by atoms with E-state index in [0.29, 0.717) is 35.9 Å². The summed E-state index contributed by atoms with van der Waals surface area (Å²) >= 11 is 0. The van der Waals surface area contributed by atoms with Crippen LogP contribution in [0, 0.1) is 0 Å². The molecule has 1 aliphatic rings. The fraction of sp³-hybridized carbons (Fsp3) is 0.167. The number of fused-ring (bicyclic) bond motifs is 1. The van der Waals surface area contributed by atoms with Gasteiger partial charge in [0.25, 0.3) is 5.91 Å². The van der Waals surface area contributed by atoms with Gasteiger partial charge in [-0.1, -0.05) is 24.3 Å². The van der Waals surface area contributed by atoms with Crippen molar-refractivity contribution in [2.45, 2.75) is 19.5 Å². The minimum absolute atomic E-state index is 0.110. The summed E-state index contributed by atoms with van der Waals surface area (Å²) in [5.74, 6) is 1.40. The van der Waals surface area contributed by atoms with Crippen molar-refractivity contribution in [1.82, 2.24) is 15.1 Å². The van der Waals surface area contributed by atoms with Gasteiger partial charge < -0.3 is 19.2 Å². The van der Waals surface area contributed by atoms with Crippen molar-refractivity contribution < 1.29 is 19.1 Å². The molecule has 1 unspecified atom stereocenters. The average molecular weight is 415 g/mol. The first-order valence-corrected chi connectivity index (χ1v) is 10.1. The van der Waals surface area contributed by atoms with Crippen LogP contribution in [0.5, 0.6) is 11.5 Å². The summed E-state index contributed by atoms with van der Waals surface area (Å²) in [5, 5.41) is 17.7. The van der Waals surface area contributed by atoms with Crippen LogP contribution in [0.4, 0.5) is 0 Å². The normalized spacial score (nSPS) is 15.3. The Morgan fingerprint density at radius 3 is 2.65 bits per heavy atom. The van der Waals surface area contributed by atoms with Crippen molar-refractivity contribution in [1.29, 1.82) is 0 Å². The Morgan fingerprint density at radius 1 is 1.13 bits per heavy atom. The Balaban J connectivity index is 1.64. The first-order chi connectivity index (χ1) is 15.2. The minimum atomic E-state index is -0.392. The Morgan fingerprint density at radius 2 is 1.94 bits per heavy atom. The first kappa shape index (κ1) is 19.0. The smallest absolute Gasteiger partial charge is 0.273 e. The number of carbonyl (C=O) groups is 1. The molecule has 0 saturated carbocycles. The fourth-order valence-electron chi connectivity index (χ4n) is 4.07. The second-order valence-corrected chi connectivity index (χ2v) is 7.30. The van der Waals surface area contributed by atoms with Crippen molar-refractivity contribution in [3.05, 3.63) is 89.5 Å². The number of benzene rings is 2. The lowest BCUT2D eigenvalue weighted by atomic mass is 9.95. The van der Waals surface area contributed by atoms with Crippen LogP contribution in [0.1, 0.15) is 40.3 Å². The molecule has 1 atom stereocenters. The number of ether oxygens (including phenoxy) is 1. The summed E-state index contributed by atoms with van der Waals surface area (Å²) in [6.45, 7) is 2.83. The molecular formula is C24H21N3O4. The topological polar surface area (TPSA) is 91.6 Å². The molecule has 1 amide bonds. The van der Waals surface area contributed by atoms with E-state index in [-0.39, 0.29) is 11.7 Å². The van der Waals surface area contributed by atoms with Crippen LogP contribution in [-0.2, 0) is 6.54 Å². The quantitative estimate of drug-likeness (QED) is 0.483. The number of nitrogens with zero attached hydrogens (tertiary/aromatic N) is 2. The standard InChI is InChI=1S/C24H21N3O4/c1-2-30-16-11-9-15(10-12-16)23-20-21(18-7-3-4-8-19(18)28)25-26-22(20)24(29)27(23)14-17-6-5-13-31-17/h3-13,23,28H,2,14H2,1H3,(H,25,26). The second-order valence-electron chi connectivity index (χ2n) is 7.30. The SMILES string of the molecule is CCOc1ccc(C2c3c(-c4ccccc4O)n[nH]c3C(=O)N2Cc2ccco2)cc1. The molecule has 5 rings (SSSR count). The number of H-pyrrole nitrogens is 1. The largest absolute Gasteiger partial charge is 0.507 e. The Kier molecular flexibility index (Phi) is 4.71. The van der Waals surface area contributed by atoms with Crippen molar-refractivity contribution >= 4 is 5.91 Å². The number of carbonyl (C=O) groups excluding carboxylic acids is 1. The highest BCUT2D eigenvalue weighted by Gasteiger charge is 2.42. The third-order valence-electron chi connectivity index (χ3n) is 5.44. The highest BCUT2D eigenvalue weighted by molar-refractivity contribution is 6.00. The molecule has 0 bridgehead atoms. The zero-order chi connectivity index (χ0) is 21.4. The van der Waals surface area contributed by atoms with Crippen LogP contribution in [0.2, 0.25) is 0 Å². The van der Waals surface area contributed by atoms with Gasteiger partial charge in [-0.05, 0) is 48.9 Å². The number of aromatic hydroxyl groups is 1. The van der Waals surface area contributed by atoms with Crippen molar-refractivity contribution in [3.8, 4) is 22.8 Å². The molecule has 0 saturated heterocycles. The monoisotopic (exact) mass is 415 g/mol. The van der Waals surface area contributed by atoms with Gasteiger partial charge in [0.15, 0.2) is 0 Å². The number of para-hydroxylation sites is 1. The van der Waals surface area contributed by atoms with Crippen LogP contribution in [0.3, 0.4) is 0 Å². The third kappa shape index (κ3) is 3.24. The van der Waals surface area contributed by atoms with E-state index in [4.69, 9.17) is 9.15 Å². The Labute approximate surface area is 178 Å². The van der Waals surface area contributed by atoms with E-state index in [1.165, 1.54) is 0 Å². The zero-order valence-corrected chi connectivity index (χ0v) is 16.9. The van der Waals surface area contributed by atoms with Crippen molar-refractivity contribution in [2.75, 3.05) is 6.61 Å². The van der Waals surface area contributed by atoms with E-state index in [9.17, 15) is 9.90 Å². The fourth-order valence-corrected chi connectivity index (χ4v) is 4.07. The maximum atomic E-state index is 13.3. The van der Waals surface area contributed by atoms with E-state index in [1.807, 2.05) is 43.3 Å². The summed E-state index contributed by atoms with van der Waals surface area (Å²) in [6.07, 6.45) is 1.59. The number of amides is 1. The van der Waals surface area contributed by atoms with Gasteiger partial charge in [-0.2, -0.15) is 5.10 Å². The second kappa shape index (κ2) is 7.68. The van der Waals surface area contributed by atoms with Crippen LogP contribution in [-0.4, -0.2) is 32.7 Å². The molecule has 2 N–H and O–H groups in total. The lowest BCUT2D eigenvalue weighted by Crippen LogP contribution is -2.28. The van der Waals surface area contributed by atoms with E-state index in [0.717, 1.165) is 16.9 Å². The molecule has 0 aliphatic carbocycles. The van der Waals surface area contributed by atoms with Gasteiger partial charge >= 0.3 is 0 Å².